The Kier molecular flexibility index (Phi) is 46.2. The minimum atomic E-state index is -4.69. The molecule has 0 spiro atoms. The molecule has 0 aromatic carbocycles. The van der Waals surface area contributed by atoms with E-state index < -0.39 is 26.6 Å². The average molecular weight is 963 g/mol. The number of likely N-dealkylation sites (N-methyl/N-ethyl adjacent to an activating group) is 1. The number of nitrogens with zero attached hydrogens (tertiary/aromatic N) is 1. The fourth-order valence-corrected chi connectivity index (χ4v) is 8.67. The van der Waals surface area contributed by atoms with Crippen LogP contribution in [-0.4, -0.2) is 69.4 Å². The van der Waals surface area contributed by atoms with Crippen molar-refractivity contribution in [3.05, 3.63) is 48.6 Å². The lowest BCUT2D eigenvalue weighted by Gasteiger charge is -2.30. The Hall–Kier alpha value is -2.03. The van der Waals surface area contributed by atoms with E-state index in [1.165, 1.54) is 116 Å². The summed E-state index contributed by atoms with van der Waals surface area (Å²) in [5, 5.41) is 3.01. The summed E-state index contributed by atoms with van der Waals surface area (Å²) in [6, 6.07) is -0.891. The lowest BCUT2D eigenvalue weighted by Crippen LogP contribution is -2.47. The average Bonchev–Trinajstić information content (AvgIpc) is 3.28. The molecule has 10 heteroatoms. The van der Waals surface area contributed by atoms with Crippen molar-refractivity contribution in [2.45, 2.75) is 264 Å². The van der Waals surface area contributed by atoms with E-state index in [1.807, 2.05) is 33.3 Å². The maximum absolute atomic E-state index is 13.4. The van der Waals surface area contributed by atoms with Gasteiger partial charge >= 0.3 is 5.97 Å². The summed E-state index contributed by atoms with van der Waals surface area (Å²) < 4.78 is 30.2. The number of nitrogens with one attached hydrogen (secondary N) is 1. The first-order chi connectivity index (χ1) is 32.4. The van der Waals surface area contributed by atoms with Gasteiger partial charge in [-0.3, -0.25) is 14.2 Å². The van der Waals surface area contributed by atoms with Crippen LogP contribution in [0.5, 0.6) is 0 Å². The van der Waals surface area contributed by atoms with Gasteiger partial charge in [0.2, 0.25) is 5.91 Å². The summed E-state index contributed by atoms with van der Waals surface area (Å²) in [4.78, 5) is 39.8. The van der Waals surface area contributed by atoms with Crippen LogP contribution in [0.3, 0.4) is 0 Å². The number of phosphoric ester groups is 1. The molecule has 3 unspecified atom stereocenters. The lowest BCUT2D eigenvalue weighted by atomic mass is 10.0. The van der Waals surface area contributed by atoms with Gasteiger partial charge in [0.05, 0.1) is 33.8 Å². The maximum atomic E-state index is 13.4. The Morgan fingerprint density at radius 2 is 0.955 bits per heavy atom. The van der Waals surface area contributed by atoms with Crippen LogP contribution in [0.15, 0.2) is 48.6 Å². The number of quaternary nitrogens is 1. The Labute approximate surface area is 414 Å². The van der Waals surface area contributed by atoms with Gasteiger partial charge in [-0.05, 0) is 63.9 Å². The third-order valence-electron chi connectivity index (χ3n) is 12.3. The summed E-state index contributed by atoms with van der Waals surface area (Å²) in [7, 11) is 1.18. The highest BCUT2D eigenvalue weighted by molar-refractivity contribution is 7.45. The van der Waals surface area contributed by atoms with Crippen molar-refractivity contribution in [2.75, 3.05) is 40.9 Å². The number of allylic oxidation sites excluding steroid dienone is 7. The van der Waals surface area contributed by atoms with Crippen LogP contribution in [-0.2, 0) is 27.9 Å². The zero-order valence-electron chi connectivity index (χ0n) is 44.6. The second-order valence-corrected chi connectivity index (χ2v) is 21.5. The number of esters is 1. The van der Waals surface area contributed by atoms with Crippen molar-refractivity contribution < 1.29 is 37.3 Å². The summed E-state index contributed by atoms with van der Waals surface area (Å²) in [5.74, 6) is -0.551. The van der Waals surface area contributed by atoms with Crippen LogP contribution < -0.4 is 10.2 Å². The number of phosphoric acid groups is 1. The first kappa shape index (κ1) is 65.0. The van der Waals surface area contributed by atoms with E-state index in [4.69, 9.17) is 13.8 Å². The highest BCUT2D eigenvalue weighted by atomic mass is 31.2. The molecule has 1 N–H and O–H groups in total. The normalized spacial score (nSPS) is 14.2. The molecule has 0 bridgehead atoms. The van der Waals surface area contributed by atoms with E-state index in [-0.39, 0.29) is 24.9 Å². The zero-order chi connectivity index (χ0) is 49.4. The van der Waals surface area contributed by atoms with E-state index in [0.717, 1.165) is 103 Å². The highest BCUT2D eigenvalue weighted by Crippen LogP contribution is 2.38. The van der Waals surface area contributed by atoms with E-state index in [9.17, 15) is 19.0 Å². The molecule has 0 rings (SSSR count). The molecule has 0 fully saturated rings. The van der Waals surface area contributed by atoms with Gasteiger partial charge in [-0.1, -0.05) is 224 Å². The van der Waals surface area contributed by atoms with Crippen LogP contribution in [0.1, 0.15) is 252 Å². The largest absolute Gasteiger partial charge is 0.756 e. The standard InChI is InChI=1S/C57H107N2O7P/c1-7-10-13-16-19-22-25-27-29-30-31-34-37-40-43-46-49-56(60)58-54(53-65-67(62,63)64-52-51-59(4,5)6)55(48-45-42-39-36-33-24-21-18-15-12-9-3)66-57(61)50-47-44-41-38-35-32-28-26-23-20-17-14-11-8-2/h10,13,19,22,27,29,45,48,54-55H,7-9,11-12,14-18,20-21,23-26,28,30-44,46-47,49-53H2,1-6H3,(H-,58,60,62,63)/b13-10+,22-19+,29-27+,48-45+. The van der Waals surface area contributed by atoms with E-state index in [0.29, 0.717) is 17.4 Å². The third-order valence-corrected chi connectivity index (χ3v) is 13.2. The first-order valence-electron chi connectivity index (χ1n) is 27.9. The second-order valence-electron chi connectivity index (χ2n) is 20.1. The molecule has 0 radical (unpaired) electrons. The molecular formula is C57H107N2O7P. The first-order valence-corrected chi connectivity index (χ1v) is 29.4. The van der Waals surface area contributed by atoms with Gasteiger partial charge in [-0.15, -0.1) is 0 Å². The van der Waals surface area contributed by atoms with E-state index in [1.54, 1.807) is 0 Å². The van der Waals surface area contributed by atoms with Crippen molar-refractivity contribution in [1.82, 2.24) is 5.32 Å². The number of rotatable bonds is 50. The molecule has 0 aliphatic heterocycles. The number of hydrogen-bond donors (Lipinski definition) is 1. The summed E-state index contributed by atoms with van der Waals surface area (Å²) in [6.07, 6.45) is 56.4. The molecule has 67 heavy (non-hydrogen) atoms. The van der Waals surface area contributed by atoms with E-state index >= 15 is 0 Å². The third kappa shape index (κ3) is 48.8. The molecule has 0 aliphatic rings. The molecule has 0 saturated heterocycles. The molecule has 0 aromatic rings. The van der Waals surface area contributed by atoms with Crippen LogP contribution in [0.25, 0.3) is 0 Å². The molecule has 0 aliphatic carbocycles. The van der Waals surface area contributed by atoms with Gasteiger partial charge < -0.3 is 28.5 Å². The quantitative estimate of drug-likeness (QED) is 0.0212. The summed E-state index contributed by atoms with van der Waals surface area (Å²) in [5.41, 5.74) is 0. The van der Waals surface area contributed by atoms with Crippen molar-refractivity contribution >= 4 is 19.7 Å². The molecule has 0 aromatic heterocycles. The van der Waals surface area contributed by atoms with Crippen molar-refractivity contribution in [3.63, 3.8) is 0 Å². The highest BCUT2D eigenvalue weighted by Gasteiger charge is 2.27. The van der Waals surface area contributed by atoms with Crippen molar-refractivity contribution in [3.8, 4) is 0 Å². The minimum Gasteiger partial charge on any atom is -0.756 e. The van der Waals surface area contributed by atoms with Gasteiger partial charge in [0, 0.05) is 12.8 Å². The van der Waals surface area contributed by atoms with Gasteiger partial charge in [-0.25, -0.2) is 0 Å². The molecule has 1 amide bonds. The molecule has 3 atom stereocenters. The molecule has 0 saturated carbocycles. The molecule has 392 valence electrons. The van der Waals surface area contributed by atoms with Gasteiger partial charge in [0.25, 0.3) is 7.82 Å². The maximum Gasteiger partial charge on any atom is 0.306 e. The Balaban J connectivity index is 5.35. The number of amides is 1. The number of unbranched alkanes of at least 4 members (excludes halogenated alkanes) is 28. The van der Waals surface area contributed by atoms with Gasteiger partial charge in [0.1, 0.15) is 19.3 Å². The monoisotopic (exact) mass is 963 g/mol. The predicted molar refractivity (Wildman–Crippen MR) is 284 cm³/mol. The molecule has 0 heterocycles. The van der Waals surface area contributed by atoms with Crippen molar-refractivity contribution in [2.24, 2.45) is 0 Å². The van der Waals surface area contributed by atoms with Crippen molar-refractivity contribution in [1.29, 1.82) is 0 Å². The Morgan fingerprint density at radius 3 is 1.43 bits per heavy atom. The predicted octanol–water partition coefficient (Wildman–Crippen LogP) is 15.9. The van der Waals surface area contributed by atoms with Crippen LogP contribution in [0, 0.1) is 0 Å². The molecular weight excluding hydrogens is 856 g/mol. The Bertz CT molecular complexity index is 1290. The van der Waals surface area contributed by atoms with Crippen LogP contribution in [0.2, 0.25) is 0 Å². The second kappa shape index (κ2) is 47.6. The fraction of sp³-hybridized carbons (Fsp3) is 0.825. The summed E-state index contributed by atoms with van der Waals surface area (Å²) in [6.45, 7) is 6.72. The number of ether oxygens (including phenoxy) is 1. The number of carbonyl (C=O) groups excluding carboxylic acids is 2. The SMILES string of the molecule is CC/C=C/C/C=C/C/C=C/CCCCCCCCC(=O)NC(COP(=O)([O-])OCC[N+](C)(C)C)C(/C=C/CCCCCCCCCCC)OC(=O)CCCCCCCCCCCCCCCC. The van der Waals surface area contributed by atoms with E-state index in [2.05, 4.69) is 62.5 Å². The van der Waals surface area contributed by atoms with Gasteiger partial charge in [-0.2, -0.15) is 0 Å². The van der Waals surface area contributed by atoms with Crippen LogP contribution >= 0.6 is 7.82 Å². The lowest BCUT2D eigenvalue weighted by molar-refractivity contribution is -0.870. The number of carbonyl (C=O) groups is 2. The summed E-state index contributed by atoms with van der Waals surface area (Å²) >= 11 is 0. The minimum absolute atomic E-state index is 0.0245. The fourth-order valence-electron chi connectivity index (χ4n) is 7.95. The number of hydrogen-bond acceptors (Lipinski definition) is 7. The zero-order valence-corrected chi connectivity index (χ0v) is 45.5. The molecule has 9 nitrogen and oxygen atoms in total. The topological polar surface area (TPSA) is 114 Å². The van der Waals surface area contributed by atoms with Gasteiger partial charge in [0.15, 0.2) is 0 Å². The smallest absolute Gasteiger partial charge is 0.306 e. The van der Waals surface area contributed by atoms with Crippen LogP contribution in [0.4, 0.5) is 0 Å². The Morgan fingerprint density at radius 1 is 0.537 bits per heavy atom.